The summed E-state index contributed by atoms with van der Waals surface area (Å²) in [5.74, 6) is 0.828. The molecule has 1 saturated carbocycles. The van der Waals surface area contributed by atoms with Gasteiger partial charge in [-0.15, -0.1) is 0 Å². The first-order valence-corrected chi connectivity index (χ1v) is 5.69. The van der Waals surface area contributed by atoms with E-state index < -0.39 is 5.54 Å². The Morgan fingerprint density at radius 3 is 2.50 bits per heavy atom. The molecule has 1 aromatic rings. The van der Waals surface area contributed by atoms with E-state index >= 15 is 0 Å². The minimum absolute atomic E-state index is 0.183. The van der Waals surface area contributed by atoms with E-state index in [-0.39, 0.29) is 11.4 Å². The predicted octanol–water partition coefficient (Wildman–Crippen LogP) is 0.779. The summed E-state index contributed by atoms with van der Waals surface area (Å²) >= 11 is 0. The Balaban J connectivity index is 2.43. The quantitative estimate of drug-likeness (QED) is 0.654. The highest BCUT2D eigenvalue weighted by Crippen LogP contribution is 2.32. The number of nitrogens with one attached hydrogen (secondary N) is 1. The molecule has 0 aromatic carbocycles. The van der Waals surface area contributed by atoms with Gasteiger partial charge in [-0.1, -0.05) is 19.3 Å². The van der Waals surface area contributed by atoms with E-state index in [9.17, 15) is 4.79 Å². The molecule has 5 heteroatoms. The van der Waals surface area contributed by atoms with Crippen molar-refractivity contribution in [2.45, 2.75) is 44.6 Å². The zero-order chi connectivity index (χ0) is 11.8. The molecule has 1 fully saturated rings. The van der Waals surface area contributed by atoms with Crippen molar-refractivity contribution in [3.05, 3.63) is 21.7 Å². The molecule has 2 rings (SSSR count). The highest BCUT2D eigenvalue weighted by atomic mass is 16.1. The van der Waals surface area contributed by atoms with Crippen molar-refractivity contribution in [3.63, 3.8) is 0 Å². The summed E-state index contributed by atoms with van der Waals surface area (Å²) in [6.45, 7) is 1.66. The number of nitrogen functional groups attached to an aromatic ring is 1. The second kappa shape index (κ2) is 3.90. The van der Waals surface area contributed by atoms with Gasteiger partial charge in [0.05, 0.1) is 11.1 Å². The number of nitrogens with zero attached hydrogens (tertiary/aromatic N) is 1. The van der Waals surface area contributed by atoms with Crippen LogP contribution in [-0.2, 0) is 5.54 Å². The van der Waals surface area contributed by atoms with Crippen LogP contribution in [0.25, 0.3) is 0 Å². The normalized spacial score (nSPS) is 19.6. The maximum atomic E-state index is 11.6. The Morgan fingerprint density at radius 2 is 1.94 bits per heavy atom. The third-order valence-corrected chi connectivity index (χ3v) is 3.41. The average molecular weight is 222 g/mol. The number of aromatic nitrogens is 2. The summed E-state index contributed by atoms with van der Waals surface area (Å²) in [5.41, 5.74) is 11.8. The second-order valence-electron chi connectivity index (χ2n) is 4.64. The summed E-state index contributed by atoms with van der Waals surface area (Å²) in [6, 6.07) is 0. The number of hydrogen-bond donors (Lipinski definition) is 3. The Kier molecular flexibility index (Phi) is 2.71. The van der Waals surface area contributed by atoms with Crippen LogP contribution in [0.3, 0.4) is 0 Å². The molecule has 88 valence electrons. The zero-order valence-corrected chi connectivity index (χ0v) is 9.55. The van der Waals surface area contributed by atoms with E-state index in [0.717, 1.165) is 25.7 Å². The second-order valence-corrected chi connectivity index (χ2v) is 4.64. The fraction of sp³-hybridized carbons (Fsp3) is 0.636. The number of rotatable bonds is 1. The van der Waals surface area contributed by atoms with Gasteiger partial charge in [-0.2, -0.15) is 0 Å². The molecule has 1 aromatic heterocycles. The van der Waals surface area contributed by atoms with Crippen molar-refractivity contribution in [2.75, 3.05) is 5.73 Å². The topological polar surface area (TPSA) is 97.8 Å². The van der Waals surface area contributed by atoms with Gasteiger partial charge < -0.3 is 16.5 Å². The summed E-state index contributed by atoms with van der Waals surface area (Å²) < 4.78 is 0. The molecule has 0 spiro atoms. The number of aromatic amines is 1. The largest absolute Gasteiger partial charge is 0.383 e. The molecule has 0 aliphatic heterocycles. The minimum Gasteiger partial charge on any atom is -0.383 e. The molecule has 0 atom stereocenters. The monoisotopic (exact) mass is 222 g/mol. The lowest BCUT2D eigenvalue weighted by molar-refractivity contribution is 0.286. The summed E-state index contributed by atoms with van der Waals surface area (Å²) in [7, 11) is 0. The van der Waals surface area contributed by atoms with Gasteiger partial charge in [-0.05, 0) is 19.8 Å². The van der Waals surface area contributed by atoms with Gasteiger partial charge in [-0.25, -0.2) is 4.98 Å². The average Bonchev–Trinajstić information content (AvgIpc) is 2.26. The van der Waals surface area contributed by atoms with Gasteiger partial charge >= 0.3 is 0 Å². The van der Waals surface area contributed by atoms with Crippen molar-refractivity contribution in [2.24, 2.45) is 5.73 Å². The van der Waals surface area contributed by atoms with Crippen molar-refractivity contribution in [1.82, 2.24) is 9.97 Å². The van der Waals surface area contributed by atoms with Crippen LogP contribution >= 0.6 is 0 Å². The first-order valence-electron chi connectivity index (χ1n) is 5.69. The number of H-pyrrole nitrogens is 1. The van der Waals surface area contributed by atoms with Crippen molar-refractivity contribution < 1.29 is 0 Å². The van der Waals surface area contributed by atoms with E-state index in [4.69, 9.17) is 11.5 Å². The minimum atomic E-state index is -0.501. The van der Waals surface area contributed by atoms with Gasteiger partial charge in [0.2, 0.25) is 0 Å². The third-order valence-electron chi connectivity index (χ3n) is 3.41. The van der Waals surface area contributed by atoms with Crippen molar-refractivity contribution in [3.8, 4) is 0 Å². The lowest BCUT2D eigenvalue weighted by Gasteiger charge is -2.32. The fourth-order valence-electron chi connectivity index (χ4n) is 2.21. The molecule has 1 aliphatic rings. The first-order chi connectivity index (χ1) is 7.53. The van der Waals surface area contributed by atoms with Gasteiger partial charge in [-0.3, -0.25) is 4.79 Å². The Labute approximate surface area is 94.3 Å². The SMILES string of the molecule is Cc1c(N)nc(C2(N)CCCCC2)[nH]c1=O. The summed E-state index contributed by atoms with van der Waals surface area (Å²) in [6.07, 6.45) is 5.07. The third kappa shape index (κ3) is 1.82. The molecule has 1 aliphatic carbocycles. The van der Waals surface area contributed by atoms with Crippen LogP contribution in [0.1, 0.15) is 43.5 Å². The molecule has 0 amide bonds. The molecule has 5 nitrogen and oxygen atoms in total. The Morgan fingerprint density at radius 1 is 1.31 bits per heavy atom. The van der Waals surface area contributed by atoms with Crippen molar-refractivity contribution in [1.29, 1.82) is 0 Å². The standard InChI is InChI=1S/C11H18N4O/c1-7-8(12)14-10(15-9(7)16)11(13)5-3-2-4-6-11/h2-6,13H2,1H3,(H3,12,14,15,16). The van der Waals surface area contributed by atoms with Crippen LogP contribution in [0.4, 0.5) is 5.82 Å². The maximum absolute atomic E-state index is 11.6. The Hall–Kier alpha value is -1.36. The molecule has 0 radical (unpaired) electrons. The molecule has 0 bridgehead atoms. The zero-order valence-electron chi connectivity index (χ0n) is 9.55. The molecule has 0 unspecified atom stereocenters. The number of anilines is 1. The van der Waals surface area contributed by atoms with E-state index in [1.54, 1.807) is 6.92 Å². The highest BCUT2D eigenvalue weighted by molar-refractivity contribution is 5.37. The van der Waals surface area contributed by atoms with Gasteiger partial charge in [0.25, 0.3) is 5.56 Å². The fourth-order valence-corrected chi connectivity index (χ4v) is 2.21. The summed E-state index contributed by atoms with van der Waals surface area (Å²) in [5, 5.41) is 0. The number of hydrogen-bond acceptors (Lipinski definition) is 4. The lowest BCUT2D eigenvalue weighted by Crippen LogP contribution is -2.42. The van der Waals surface area contributed by atoms with Crippen LogP contribution in [0.15, 0.2) is 4.79 Å². The van der Waals surface area contributed by atoms with Gasteiger partial charge in [0.1, 0.15) is 11.6 Å². The molecule has 5 N–H and O–H groups in total. The Bertz CT molecular complexity index is 446. The maximum Gasteiger partial charge on any atom is 0.255 e. The van der Waals surface area contributed by atoms with Gasteiger partial charge in [0, 0.05) is 0 Å². The summed E-state index contributed by atoms with van der Waals surface area (Å²) in [4.78, 5) is 18.6. The molecule has 16 heavy (non-hydrogen) atoms. The van der Waals surface area contributed by atoms with E-state index in [2.05, 4.69) is 9.97 Å². The van der Waals surface area contributed by atoms with Gasteiger partial charge in [0.15, 0.2) is 0 Å². The highest BCUT2D eigenvalue weighted by Gasteiger charge is 2.32. The van der Waals surface area contributed by atoms with Crippen LogP contribution in [0.5, 0.6) is 0 Å². The molecule has 1 heterocycles. The smallest absolute Gasteiger partial charge is 0.255 e. The number of nitrogens with two attached hydrogens (primary N) is 2. The van der Waals surface area contributed by atoms with Crippen LogP contribution in [0.2, 0.25) is 0 Å². The van der Waals surface area contributed by atoms with Crippen LogP contribution in [0, 0.1) is 6.92 Å². The molecular formula is C11H18N4O. The van der Waals surface area contributed by atoms with E-state index in [1.165, 1.54) is 6.42 Å². The van der Waals surface area contributed by atoms with E-state index in [1.807, 2.05) is 0 Å². The van der Waals surface area contributed by atoms with E-state index in [0.29, 0.717) is 11.4 Å². The van der Waals surface area contributed by atoms with Crippen LogP contribution < -0.4 is 17.0 Å². The lowest BCUT2D eigenvalue weighted by atomic mass is 9.82. The molecule has 0 saturated heterocycles. The predicted molar refractivity (Wildman–Crippen MR) is 63.0 cm³/mol. The molecular weight excluding hydrogens is 204 g/mol. The first kappa shape index (κ1) is 11.1. The van der Waals surface area contributed by atoms with Crippen LogP contribution in [-0.4, -0.2) is 9.97 Å². The van der Waals surface area contributed by atoms with Crippen molar-refractivity contribution >= 4 is 5.82 Å².